The fraction of sp³-hybridized carbons (Fsp3) is 0.714. The molecule has 0 aliphatic carbocycles. The van der Waals surface area contributed by atoms with Crippen molar-refractivity contribution in [2.24, 2.45) is 5.73 Å². The van der Waals surface area contributed by atoms with Crippen molar-refractivity contribution in [3.63, 3.8) is 0 Å². The van der Waals surface area contributed by atoms with E-state index in [1.165, 1.54) is 22.2 Å². The Kier molecular flexibility index (Phi) is 7.46. The van der Waals surface area contributed by atoms with Gasteiger partial charge in [0.1, 0.15) is 0 Å². The van der Waals surface area contributed by atoms with Gasteiger partial charge in [0.2, 0.25) is 0 Å². The standard InChI is InChI=1S/C14H25BrN2S/c1-4-7-8-17(6-3)14(12(16)5-2)13-9-11(15)10-18-13/h9-10,12,14H,4-8,16H2,1-3H3. The molecule has 0 aromatic carbocycles. The van der Waals surface area contributed by atoms with Gasteiger partial charge >= 0.3 is 0 Å². The molecule has 0 aliphatic rings. The lowest BCUT2D eigenvalue weighted by atomic mass is 10.0. The minimum absolute atomic E-state index is 0.215. The van der Waals surface area contributed by atoms with Crippen LogP contribution in [0, 0.1) is 0 Å². The second kappa shape index (κ2) is 8.31. The molecule has 2 atom stereocenters. The van der Waals surface area contributed by atoms with Crippen LogP contribution in [-0.4, -0.2) is 24.0 Å². The molecule has 1 rings (SSSR count). The van der Waals surface area contributed by atoms with Gasteiger partial charge in [-0.2, -0.15) is 0 Å². The highest BCUT2D eigenvalue weighted by molar-refractivity contribution is 9.10. The lowest BCUT2D eigenvalue weighted by molar-refractivity contribution is 0.178. The maximum atomic E-state index is 6.36. The van der Waals surface area contributed by atoms with Crippen molar-refractivity contribution in [1.29, 1.82) is 0 Å². The number of unbranched alkanes of at least 4 members (excludes halogenated alkanes) is 1. The summed E-state index contributed by atoms with van der Waals surface area (Å²) in [5, 5.41) is 2.15. The maximum absolute atomic E-state index is 6.36. The molecule has 0 spiro atoms. The normalized spacial score (nSPS) is 15.0. The molecule has 4 heteroatoms. The molecule has 1 heterocycles. The molecule has 0 bridgehead atoms. The van der Waals surface area contributed by atoms with E-state index in [1.54, 1.807) is 0 Å². The predicted molar refractivity (Wildman–Crippen MR) is 85.2 cm³/mol. The molecule has 0 saturated heterocycles. The van der Waals surface area contributed by atoms with Crippen LogP contribution in [0.25, 0.3) is 0 Å². The summed E-state index contributed by atoms with van der Waals surface area (Å²) in [6, 6.07) is 2.80. The summed E-state index contributed by atoms with van der Waals surface area (Å²) in [6.45, 7) is 8.85. The second-order valence-corrected chi connectivity index (χ2v) is 6.52. The molecule has 2 N–H and O–H groups in total. The SMILES string of the molecule is CCCCN(CC)C(c1cc(Br)cs1)C(N)CC. The molecule has 104 valence electrons. The second-order valence-electron chi connectivity index (χ2n) is 4.67. The molecular weight excluding hydrogens is 308 g/mol. The van der Waals surface area contributed by atoms with Crippen molar-refractivity contribution in [1.82, 2.24) is 4.90 Å². The van der Waals surface area contributed by atoms with Gasteiger partial charge < -0.3 is 5.73 Å². The van der Waals surface area contributed by atoms with Crippen LogP contribution >= 0.6 is 27.3 Å². The third-order valence-electron chi connectivity index (χ3n) is 3.35. The van der Waals surface area contributed by atoms with Gasteiger partial charge in [-0.15, -0.1) is 11.3 Å². The average molecular weight is 333 g/mol. The average Bonchev–Trinajstić information content (AvgIpc) is 2.79. The maximum Gasteiger partial charge on any atom is 0.0593 e. The summed E-state index contributed by atoms with van der Waals surface area (Å²) in [7, 11) is 0. The van der Waals surface area contributed by atoms with E-state index >= 15 is 0 Å². The summed E-state index contributed by atoms with van der Waals surface area (Å²) in [5.74, 6) is 0. The van der Waals surface area contributed by atoms with Gasteiger partial charge in [-0.25, -0.2) is 0 Å². The largest absolute Gasteiger partial charge is 0.326 e. The molecule has 0 aliphatic heterocycles. The molecule has 0 saturated carbocycles. The van der Waals surface area contributed by atoms with Crippen LogP contribution in [0.2, 0.25) is 0 Å². The zero-order chi connectivity index (χ0) is 13.5. The van der Waals surface area contributed by atoms with Crippen molar-refractivity contribution < 1.29 is 0 Å². The molecule has 0 radical (unpaired) electrons. The van der Waals surface area contributed by atoms with Gasteiger partial charge in [0.15, 0.2) is 0 Å². The summed E-state index contributed by atoms with van der Waals surface area (Å²) in [5.41, 5.74) is 6.36. The number of thiophene rings is 1. The summed E-state index contributed by atoms with van der Waals surface area (Å²) < 4.78 is 1.17. The highest BCUT2D eigenvalue weighted by atomic mass is 79.9. The van der Waals surface area contributed by atoms with Crippen LogP contribution in [-0.2, 0) is 0 Å². The Morgan fingerprint density at radius 1 is 1.39 bits per heavy atom. The van der Waals surface area contributed by atoms with Crippen LogP contribution in [0.3, 0.4) is 0 Å². The molecular formula is C14H25BrN2S. The van der Waals surface area contributed by atoms with Crippen LogP contribution in [0.15, 0.2) is 15.9 Å². The van der Waals surface area contributed by atoms with E-state index in [-0.39, 0.29) is 6.04 Å². The zero-order valence-electron chi connectivity index (χ0n) is 11.7. The van der Waals surface area contributed by atoms with E-state index in [2.05, 4.69) is 53.0 Å². The molecule has 2 unspecified atom stereocenters. The monoisotopic (exact) mass is 332 g/mol. The first-order valence-corrected chi connectivity index (χ1v) is 8.54. The Balaban J connectivity index is 2.88. The smallest absolute Gasteiger partial charge is 0.0593 e. The number of halogens is 1. The summed E-state index contributed by atoms with van der Waals surface area (Å²) in [4.78, 5) is 3.91. The first-order valence-electron chi connectivity index (χ1n) is 6.87. The van der Waals surface area contributed by atoms with Gasteiger partial charge in [0.05, 0.1) is 6.04 Å². The van der Waals surface area contributed by atoms with E-state index < -0.39 is 0 Å². The van der Waals surface area contributed by atoms with E-state index in [9.17, 15) is 0 Å². The zero-order valence-corrected chi connectivity index (χ0v) is 14.1. The van der Waals surface area contributed by atoms with Crippen molar-refractivity contribution in [2.45, 2.75) is 52.1 Å². The van der Waals surface area contributed by atoms with Gasteiger partial charge in [0.25, 0.3) is 0 Å². The number of nitrogens with zero attached hydrogens (tertiary/aromatic N) is 1. The van der Waals surface area contributed by atoms with Gasteiger partial charge in [-0.3, -0.25) is 4.90 Å². The van der Waals surface area contributed by atoms with Crippen LogP contribution in [0.5, 0.6) is 0 Å². The van der Waals surface area contributed by atoms with Gasteiger partial charge in [0, 0.05) is 20.8 Å². The van der Waals surface area contributed by atoms with Crippen LogP contribution < -0.4 is 5.73 Å². The summed E-state index contributed by atoms with van der Waals surface area (Å²) >= 11 is 5.36. The van der Waals surface area contributed by atoms with Crippen LogP contribution in [0.1, 0.15) is 51.0 Å². The molecule has 1 aromatic rings. The summed E-state index contributed by atoms with van der Waals surface area (Å²) in [6.07, 6.45) is 3.49. The minimum Gasteiger partial charge on any atom is -0.326 e. The van der Waals surface area contributed by atoms with Gasteiger partial charge in [-0.05, 0) is 47.9 Å². The van der Waals surface area contributed by atoms with Crippen LogP contribution in [0.4, 0.5) is 0 Å². The quantitative estimate of drug-likeness (QED) is 0.763. The highest BCUT2D eigenvalue weighted by Crippen LogP contribution is 2.32. The van der Waals surface area contributed by atoms with Crippen molar-refractivity contribution >= 4 is 27.3 Å². The first-order chi connectivity index (χ1) is 8.63. The topological polar surface area (TPSA) is 29.3 Å². The highest BCUT2D eigenvalue weighted by Gasteiger charge is 2.25. The molecule has 1 aromatic heterocycles. The Labute approximate surface area is 124 Å². The molecule has 2 nitrogen and oxygen atoms in total. The number of hydrogen-bond acceptors (Lipinski definition) is 3. The fourth-order valence-corrected chi connectivity index (χ4v) is 3.88. The Morgan fingerprint density at radius 3 is 2.56 bits per heavy atom. The third-order valence-corrected chi connectivity index (χ3v) is 5.12. The third kappa shape index (κ3) is 4.34. The van der Waals surface area contributed by atoms with E-state index in [4.69, 9.17) is 5.73 Å². The molecule has 18 heavy (non-hydrogen) atoms. The van der Waals surface area contributed by atoms with E-state index in [1.807, 2.05) is 11.3 Å². The number of rotatable bonds is 8. The van der Waals surface area contributed by atoms with E-state index in [0.717, 1.165) is 19.5 Å². The Morgan fingerprint density at radius 2 is 2.11 bits per heavy atom. The number of hydrogen-bond donors (Lipinski definition) is 1. The van der Waals surface area contributed by atoms with E-state index in [0.29, 0.717) is 6.04 Å². The number of likely N-dealkylation sites (N-methyl/N-ethyl adjacent to an activating group) is 1. The fourth-order valence-electron chi connectivity index (χ4n) is 2.22. The first kappa shape index (κ1) is 16.2. The Bertz CT molecular complexity index is 340. The molecule has 0 amide bonds. The van der Waals surface area contributed by atoms with Crippen molar-refractivity contribution in [3.05, 3.63) is 20.8 Å². The molecule has 0 fully saturated rings. The Hall–Kier alpha value is 0.1000. The number of nitrogens with two attached hydrogens (primary N) is 1. The lowest BCUT2D eigenvalue weighted by Crippen LogP contribution is -2.40. The minimum atomic E-state index is 0.215. The van der Waals surface area contributed by atoms with Gasteiger partial charge in [-0.1, -0.05) is 27.2 Å². The predicted octanol–water partition coefficient (Wildman–Crippen LogP) is 4.41. The van der Waals surface area contributed by atoms with Crippen molar-refractivity contribution in [3.8, 4) is 0 Å². The lowest BCUT2D eigenvalue weighted by Gasteiger charge is -2.34. The van der Waals surface area contributed by atoms with Crippen molar-refractivity contribution in [2.75, 3.05) is 13.1 Å².